The van der Waals surface area contributed by atoms with Crippen LogP contribution in [0.5, 0.6) is 5.75 Å². The van der Waals surface area contributed by atoms with Crippen molar-refractivity contribution in [2.24, 2.45) is 41.4 Å². The van der Waals surface area contributed by atoms with Crippen molar-refractivity contribution >= 4 is 58.9 Å². The number of ketones is 2. The molecule has 1 saturated carbocycles. The van der Waals surface area contributed by atoms with Gasteiger partial charge in [-0.3, -0.25) is 43.2 Å². The molecule has 0 radical (unpaired) electrons. The number of aliphatic hydroxyl groups excluding tert-OH is 2. The van der Waals surface area contributed by atoms with E-state index >= 15 is 4.79 Å². The molecule has 0 bridgehead atoms. The highest BCUT2D eigenvalue weighted by molar-refractivity contribution is 6.05. The molecule has 79 heavy (non-hydrogen) atoms. The predicted octanol–water partition coefficient (Wildman–Crippen LogP) is 3.31. The summed E-state index contributed by atoms with van der Waals surface area (Å²) in [6.07, 6.45) is -4.34. The minimum atomic E-state index is -1.75. The van der Waals surface area contributed by atoms with Gasteiger partial charge in [0.15, 0.2) is 17.7 Å². The summed E-state index contributed by atoms with van der Waals surface area (Å²) in [7, 11) is 4.32. The maximum Gasteiger partial charge on any atom is 0.329 e. The minimum Gasteiger partial charge on any atom is -0.497 e. The Bertz CT molecular complexity index is 2320. The zero-order chi connectivity index (χ0) is 59.3. The van der Waals surface area contributed by atoms with Gasteiger partial charge < -0.3 is 55.1 Å². The molecule has 0 aromatic heterocycles. The summed E-state index contributed by atoms with van der Waals surface area (Å²) < 4.78 is 17.2. The van der Waals surface area contributed by atoms with Crippen molar-refractivity contribution in [2.75, 3.05) is 27.7 Å². The molecular formula is C58H90N6O15. The van der Waals surface area contributed by atoms with Crippen LogP contribution in [-0.4, -0.2) is 172 Å². The molecule has 3 fully saturated rings. The molecule has 14 atom stereocenters. The monoisotopic (exact) mass is 1110 g/mol. The zero-order valence-corrected chi connectivity index (χ0v) is 48.9. The Morgan fingerprint density at radius 2 is 1.48 bits per heavy atom. The average Bonchev–Trinajstić information content (AvgIpc) is 4.13. The number of carbonyl (C=O) groups is 10. The van der Waals surface area contributed by atoms with E-state index in [1.807, 2.05) is 27.7 Å². The van der Waals surface area contributed by atoms with E-state index in [2.05, 4.69) is 16.0 Å². The number of benzene rings is 1. The fourth-order valence-corrected chi connectivity index (χ4v) is 10.9. The number of aliphatic hydroxyl groups is 2. The zero-order valence-electron chi connectivity index (χ0n) is 48.9. The van der Waals surface area contributed by atoms with Crippen molar-refractivity contribution in [2.45, 2.75) is 201 Å². The third-order valence-electron chi connectivity index (χ3n) is 15.9. The van der Waals surface area contributed by atoms with Gasteiger partial charge in [0, 0.05) is 38.9 Å². The fourth-order valence-electron chi connectivity index (χ4n) is 10.9. The number of nitrogens with one attached hydrogen (secondary N) is 3. The molecule has 1 aromatic carbocycles. The summed E-state index contributed by atoms with van der Waals surface area (Å²) in [6.45, 7) is 18.3. The van der Waals surface area contributed by atoms with Crippen LogP contribution in [0, 0.1) is 41.4 Å². The number of esters is 2. The van der Waals surface area contributed by atoms with Crippen LogP contribution >= 0.6 is 0 Å². The number of methoxy groups -OCH3 is 1. The summed E-state index contributed by atoms with van der Waals surface area (Å²) in [5.74, 6) is -11.5. The van der Waals surface area contributed by atoms with E-state index in [4.69, 9.17) is 14.2 Å². The second kappa shape index (κ2) is 29.5. The molecule has 2 aliphatic heterocycles. The van der Waals surface area contributed by atoms with Crippen molar-refractivity contribution in [3.8, 4) is 5.75 Å². The molecular weight excluding hydrogens is 1020 g/mol. The third-order valence-corrected chi connectivity index (χ3v) is 15.9. The first-order chi connectivity index (χ1) is 37.0. The number of hydrogen-bond donors (Lipinski definition) is 5. The van der Waals surface area contributed by atoms with Gasteiger partial charge >= 0.3 is 11.9 Å². The SMILES string of the molecule is CC[C@H](C)[C@H]1NC(=O)[C@@H](NC(=O)[C@@H](CC(C)C)N(C)C(=O)[C@@H]2CCCC2C(=O)[C@H](C)O)[C@@H](C)OC(=O)[C@H](Cc2ccc(OC)cc2)N(C)C(=O)[C@@H]2CCCN2C(=O)[C@H](CC(C)C)NC(=O)[C@@H](C)C(=O)[C@H](C(C)C)OC(=O)C[C@@H]1O. The van der Waals surface area contributed by atoms with Gasteiger partial charge in [-0.05, 0) is 101 Å². The number of cyclic esters (lactones) is 2. The van der Waals surface area contributed by atoms with E-state index in [9.17, 15) is 53.4 Å². The highest BCUT2D eigenvalue weighted by Gasteiger charge is 2.46. The number of amides is 6. The first-order valence-electron chi connectivity index (χ1n) is 28.3. The summed E-state index contributed by atoms with van der Waals surface area (Å²) in [4.78, 5) is 147. The highest BCUT2D eigenvalue weighted by atomic mass is 16.6. The van der Waals surface area contributed by atoms with Crippen LogP contribution in [0.25, 0.3) is 0 Å². The van der Waals surface area contributed by atoms with Gasteiger partial charge in [-0.25, -0.2) is 4.79 Å². The average molecular weight is 1110 g/mol. The lowest BCUT2D eigenvalue weighted by Crippen LogP contribution is -2.62. The van der Waals surface area contributed by atoms with Crippen LogP contribution in [0.4, 0.5) is 0 Å². The molecule has 1 unspecified atom stereocenters. The molecule has 5 N–H and O–H groups in total. The van der Waals surface area contributed by atoms with Crippen molar-refractivity contribution < 1.29 is 72.4 Å². The standard InChI is InChI=1S/C58H90N6O15/c1-15-33(8)47-45(66)29-46(67)79-51(32(6)7)49(68)34(9)52(70)59-41(26-30(2)3)56(74)64-25-17-20-42(64)57(75)63(13)44(28-37-21-23-38(77-14)24-22-37)58(76)78-36(11)48(54(72)60-47)61-53(71)43(27-31(4)5)62(12)55(73)40-19-16-18-39(40)50(69)35(10)65/h21-24,30-36,39-45,47-48,51,65-66H,15-20,25-29H2,1-14H3,(H,59,70)(H,60,72)(H,61,71)/t33-,34-,35-,36+,39?,40+,41-,42-,43+,44-,45-,47+,48-,51-/m0/s1. The first-order valence-corrected chi connectivity index (χ1v) is 28.3. The number of carbonyl (C=O) groups excluding carboxylic acids is 10. The van der Waals surface area contributed by atoms with E-state index in [1.165, 1.54) is 56.7 Å². The predicted molar refractivity (Wildman–Crippen MR) is 291 cm³/mol. The van der Waals surface area contributed by atoms with Gasteiger partial charge in [0.1, 0.15) is 48.2 Å². The van der Waals surface area contributed by atoms with Crippen LogP contribution in [0.1, 0.15) is 140 Å². The maximum absolute atomic E-state index is 15.0. The Labute approximate surface area is 466 Å². The normalized spacial score (nSPS) is 28.6. The lowest BCUT2D eigenvalue weighted by atomic mass is 9.88. The topological polar surface area (TPSA) is 285 Å². The Hall–Kier alpha value is -5.96. The van der Waals surface area contributed by atoms with Crippen LogP contribution in [0.3, 0.4) is 0 Å². The number of likely N-dealkylation sites (N-methyl/N-ethyl adjacent to an activating group) is 2. The van der Waals surface area contributed by atoms with Crippen molar-refractivity contribution in [3.05, 3.63) is 29.8 Å². The third kappa shape index (κ3) is 17.0. The van der Waals surface area contributed by atoms with E-state index in [0.717, 1.165) is 0 Å². The Morgan fingerprint density at radius 3 is 2.05 bits per heavy atom. The van der Waals surface area contributed by atoms with Crippen molar-refractivity contribution in [1.82, 2.24) is 30.7 Å². The second-order valence-corrected chi connectivity index (χ2v) is 23.3. The van der Waals surface area contributed by atoms with Crippen LogP contribution in [0.2, 0.25) is 0 Å². The van der Waals surface area contributed by atoms with Gasteiger partial charge in [0.25, 0.3) is 0 Å². The van der Waals surface area contributed by atoms with Gasteiger partial charge in [0.2, 0.25) is 35.4 Å². The Morgan fingerprint density at radius 1 is 0.848 bits per heavy atom. The molecule has 2 heterocycles. The molecule has 3 aliphatic rings. The van der Waals surface area contributed by atoms with E-state index < -0.39 is 156 Å². The van der Waals surface area contributed by atoms with E-state index in [-0.39, 0.29) is 44.1 Å². The molecule has 1 aliphatic carbocycles. The molecule has 2 saturated heterocycles. The van der Waals surface area contributed by atoms with Crippen LogP contribution < -0.4 is 20.7 Å². The summed E-state index contributed by atoms with van der Waals surface area (Å²) in [5.41, 5.74) is 0.574. The largest absolute Gasteiger partial charge is 0.497 e. The number of rotatable bonds is 16. The van der Waals surface area contributed by atoms with Crippen LogP contribution in [0.15, 0.2) is 24.3 Å². The maximum atomic E-state index is 15.0. The highest BCUT2D eigenvalue weighted by Crippen LogP contribution is 2.35. The lowest BCUT2D eigenvalue weighted by Gasteiger charge is -2.36. The molecule has 1 aromatic rings. The van der Waals surface area contributed by atoms with Crippen molar-refractivity contribution in [1.29, 1.82) is 0 Å². The number of nitrogens with zero attached hydrogens (tertiary/aromatic N) is 3. The fraction of sp³-hybridized carbons (Fsp3) is 0.724. The molecule has 21 heteroatoms. The second-order valence-electron chi connectivity index (χ2n) is 23.3. The van der Waals surface area contributed by atoms with Gasteiger partial charge in [0.05, 0.1) is 31.6 Å². The Kier molecular flexibility index (Phi) is 24.5. The molecule has 6 amide bonds. The van der Waals surface area contributed by atoms with Gasteiger partial charge in [-0.1, -0.05) is 80.4 Å². The van der Waals surface area contributed by atoms with Gasteiger partial charge in [-0.2, -0.15) is 0 Å². The molecule has 0 spiro atoms. The van der Waals surface area contributed by atoms with E-state index in [0.29, 0.717) is 43.4 Å². The summed E-state index contributed by atoms with van der Waals surface area (Å²) in [6, 6.07) is -1.14. The molecule has 21 nitrogen and oxygen atoms in total. The quantitative estimate of drug-likeness (QED) is 0.117. The molecule has 4 rings (SSSR count). The van der Waals surface area contributed by atoms with Crippen molar-refractivity contribution in [3.63, 3.8) is 0 Å². The number of fused-ring (bicyclic) bond motifs is 1. The number of ether oxygens (including phenoxy) is 3. The smallest absolute Gasteiger partial charge is 0.329 e. The number of Topliss-reactive ketones (excluding diaryl/α,β-unsaturated/α-hetero) is 2. The van der Waals surface area contributed by atoms with E-state index in [1.54, 1.807) is 52.0 Å². The summed E-state index contributed by atoms with van der Waals surface area (Å²) in [5, 5.41) is 30.3. The first kappa shape index (κ1) is 65.6. The Balaban J connectivity index is 1.89. The summed E-state index contributed by atoms with van der Waals surface area (Å²) >= 11 is 0. The van der Waals surface area contributed by atoms with Gasteiger partial charge in [-0.15, -0.1) is 0 Å². The van der Waals surface area contributed by atoms with Crippen LogP contribution in [-0.2, 0) is 63.8 Å². The number of hydrogen-bond acceptors (Lipinski definition) is 15. The lowest BCUT2D eigenvalue weighted by molar-refractivity contribution is -0.163. The minimum absolute atomic E-state index is 0.0905. The molecule has 442 valence electrons.